The lowest BCUT2D eigenvalue weighted by Gasteiger charge is -2.11. The van der Waals surface area contributed by atoms with Crippen LogP contribution in [0.2, 0.25) is 0 Å². The predicted molar refractivity (Wildman–Crippen MR) is 64.4 cm³/mol. The lowest BCUT2D eigenvalue weighted by molar-refractivity contribution is 0.280. The lowest BCUT2D eigenvalue weighted by Crippen LogP contribution is -2.24. The van der Waals surface area contributed by atoms with Crippen molar-refractivity contribution in [1.29, 1.82) is 0 Å². The molecule has 2 N–H and O–H groups in total. The van der Waals surface area contributed by atoms with Crippen molar-refractivity contribution >= 4 is 10.0 Å². The Morgan fingerprint density at radius 1 is 1.41 bits per heavy atom. The van der Waals surface area contributed by atoms with Gasteiger partial charge in [-0.1, -0.05) is 13.0 Å². The van der Waals surface area contributed by atoms with E-state index in [2.05, 4.69) is 4.72 Å². The molecule has 0 heterocycles. The van der Waals surface area contributed by atoms with Crippen molar-refractivity contribution < 1.29 is 18.3 Å². The summed E-state index contributed by atoms with van der Waals surface area (Å²) in [4.78, 5) is 0.0886. The van der Waals surface area contributed by atoms with E-state index in [-0.39, 0.29) is 17.3 Å². The number of hydrogen-bond donors (Lipinski definition) is 2. The Kier molecular flexibility index (Phi) is 4.92. The van der Waals surface area contributed by atoms with Crippen molar-refractivity contribution in [2.45, 2.75) is 24.8 Å². The Morgan fingerprint density at radius 2 is 2.12 bits per heavy atom. The summed E-state index contributed by atoms with van der Waals surface area (Å²) in [6, 6.07) is 4.51. The molecular formula is C11H17NO4S. The number of nitrogens with one attached hydrogen (secondary N) is 1. The summed E-state index contributed by atoms with van der Waals surface area (Å²) in [6.45, 7) is 2.11. The Labute approximate surface area is 101 Å². The molecule has 1 rings (SSSR count). The van der Waals surface area contributed by atoms with Crippen LogP contribution in [0.1, 0.15) is 18.9 Å². The molecule has 0 bridgehead atoms. The molecule has 5 nitrogen and oxygen atoms in total. The molecule has 0 aliphatic rings. The van der Waals surface area contributed by atoms with Crippen molar-refractivity contribution in [3.05, 3.63) is 23.8 Å². The van der Waals surface area contributed by atoms with Crippen molar-refractivity contribution in [3.63, 3.8) is 0 Å². The van der Waals surface area contributed by atoms with Gasteiger partial charge in [0, 0.05) is 6.54 Å². The van der Waals surface area contributed by atoms with Crippen LogP contribution in [0.25, 0.3) is 0 Å². The molecule has 0 saturated carbocycles. The van der Waals surface area contributed by atoms with E-state index in [0.717, 1.165) is 6.42 Å². The first-order valence-corrected chi connectivity index (χ1v) is 6.81. The van der Waals surface area contributed by atoms with Crippen LogP contribution in [0, 0.1) is 0 Å². The Balaban J connectivity index is 3.12. The summed E-state index contributed by atoms with van der Waals surface area (Å²) >= 11 is 0. The quantitative estimate of drug-likeness (QED) is 0.795. The molecule has 96 valence electrons. The summed E-state index contributed by atoms with van der Waals surface area (Å²) in [5.41, 5.74) is 0.608. The fourth-order valence-corrected chi connectivity index (χ4v) is 2.63. The van der Waals surface area contributed by atoms with Gasteiger partial charge in [0.2, 0.25) is 10.0 Å². The molecule has 0 aliphatic heterocycles. The predicted octanol–water partition coefficient (Wildman–Crippen LogP) is 0.876. The first-order valence-electron chi connectivity index (χ1n) is 5.32. The van der Waals surface area contributed by atoms with Gasteiger partial charge >= 0.3 is 0 Å². The number of benzene rings is 1. The van der Waals surface area contributed by atoms with Crippen molar-refractivity contribution in [2.24, 2.45) is 0 Å². The van der Waals surface area contributed by atoms with E-state index < -0.39 is 10.0 Å². The van der Waals surface area contributed by atoms with Crippen LogP contribution in [0.3, 0.4) is 0 Å². The van der Waals surface area contributed by atoms with Crippen LogP contribution in [0.15, 0.2) is 23.1 Å². The van der Waals surface area contributed by atoms with Crippen molar-refractivity contribution in [1.82, 2.24) is 4.72 Å². The molecule has 0 atom stereocenters. The molecule has 17 heavy (non-hydrogen) atoms. The van der Waals surface area contributed by atoms with Gasteiger partial charge in [-0.15, -0.1) is 0 Å². The van der Waals surface area contributed by atoms with Crippen LogP contribution in [0.4, 0.5) is 0 Å². The third-order valence-corrected chi connectivity index (χ3v) is 3.74. The first kappa shape index (κ1) is 14.0. The molecule has 0 unspecified atom stereocenters. The number of methoxy groups -OCH3 is 1. The standard InChI is InChI=1S/C11H17NO4S/c1-3-6-12-17(14,15)11-5-4-9(8-13)7-10(11)16-2/h4-5,7,12-13H,3,6,8H2,1-2H3. The summed E-state index contributed by atoms with van der Waals surface area (Å²) in [6.07, 6.45) is 0.719. The minimum absolute atomic E-state index is 0.0886. The average molecular weight is 259 g/mol. The number of aliphatic hydroxyl groups excluding tert-OH is 1. The van der Waals surface area contributed by atoms with Crippen LogP contribution >= 0.6 is 0 Å². The number of sulfonamides is 1. The second kappa shape index (κ2) is 6.00. The summed E-state index contributed by atoms with van der Waals surface area (Å²) < 4.78 is 31.3. The van der Waals surface area contributed by atoms with Crippen LogP contribution < -0.4 is 9.46 Å². The fraction of sp³-hybridized carbons (Fsp3) is 0.455. The van der Waals surface area contributed by atoms with Crippen LogP contribution in [-0.4, -0.2) is 27.2 Å². The third-order valence-electron chi connectivity index (χ3n) is 2.24. The van der Waals surface area contributed by atoms with Gasteiger partial charge in [-0.2, -0.15) is 0 Å². The number of aliphatic hydroxyl groups is 1. The minimum Gasteiger partial charge on any atom is -0.495 e. The zero-order valence-electron chi connectivity index (χ0n) is 9.93. The highest BCUT2D eigenvalue weighted by molar-refractivity contribution is 7.89. The number of hydrogen-bond acceptors (Lipinski definition) is 4. The Morgan fingerprint density at radius 3 is 2.65 bits per heavy atom. The molecule has 1 aromatic carbocycles. The van der Waals surface area contributed by atoms with E-state index in [4.69, 9.17) is 9.84 Å². The molecule has 0 fully saturated rings. The van der Waals surface area contributed by atoms with Gasteiger partial charge < -0.3 is 9.84 Å². The monoisotopic (exact) mass is 259 g/mol. The summed E-state index contributed by atoms with van der Waals surface area (Å²) in [5.74, 6) is 0.236. The molecule has 0 aliphatic carbocycles. The second-order valence-electron chi connectivity index (χ2n) is 3.54. The lowest BCUT2D eigenvalue weighted by atomic mass is 10.2. The second-order valence-corrected chi connectivity index (χ2v) is 5.28. The van der Waals surface area contributed by atoms with Crippen LogP contribution in [0.5, 0.6) is 5.75 Å². The smallest absolute Gasteiger partial charge is 0.244 e. The van der Waals surface area contributed by atoms with Gasteiger partial charge in [-0.25, -0.2) is 13.1 Å². The van der Waals surface area contributed by atoms with E-state index in [0.29, 0.717) is 12.1 Å². The normalized spacial score (nSPS) is 11.5. The molecule has 1 aromatic rings. The fourth-order valence-electron chi connectivity index (χ4n) is 1.35. The Bertz CT molecular complexity index is 470. The van der Waals surface area contributed by atoms with Gasteiger partial charge in [0.1, 0.15) is 10.6 Å². The highest BCUT2D eigenvalue weighted by Crippen LogP contribution is 2.24. The van der Waals surface area contributed by atoms with Crippen molar-refractivity contribution in [3.8, 4) is 5.75 Å². The van der Waals surface area contributed by atoms with Crippen molar-refractivity contribution in [2.75, 3.05) is 13.7 Å². The van der Waals surface area contributed by atoms with Crippen LogP contribution in [-0.2, 0) is 16.6 Å². The highest BCUT2D eigenvalue weighted by atomic mass is 32.2. The largest absolute Gasteiger partial charge is 0.495 e. The maximum absolute atomic E-state index is 11.9. The average Bonchev–Trinajstić information content (AvgIpc) is 2.35. The Hall–Kier alpha value is -1.11. The van der Waals surface area contributed by atoms with Gasteiger partial charge in [0.15, 0.2) is 0 Å². The summed E-state index contributed by atoms with van der Waals surface area (Å²) in [5, 5.41) is 8.97. The SMILES string of the molecule is CCCNS(=O)(=O)c1ccc(CO)cc1OC. The molecule has 6 heteroatoms. The third kappa shape index (κ3) is 3.42. The van der Waals surface area contributed by atoms with Gasteiger partial charge in [0.05, 0.1) is 13.7 Å². The minimum atomic E-state index is -3.55. The molecular weight excluding hydrogens is 242 g/mol. The van der Waals surface area contributed by atoms with E-state index in [1.165, 1.54) is 19.2 Å². The first-order chi connectivity index (χ1) is 8.05. The molecule has 0 radical (unpaired) electrons. The van der Waals surface area contributed by atoms with Gasteiger partial charge in [-0.05, 0) is 24.1 Å². The zero-order chi connectivity index (χ0) is 12.9. The number of ether oxygens (including phenoxy) is 1. The number of rotatable bonds is 6. The zero-order valence-corrected chi connectivity index (χ0v) is 10.8. The molecule has 0 amide bonds. The van der Waals surface area contributed by atoms with E-state index in [1.807, 2.05) is 6.92 Å². The van der Waals surface area contributed by atoms with E-state index in [9.17, 15) is 8.42 Å². The topological polar surface area (TPSA) is 75.6 Å². The van der Waals surface area contributed by atoms with E-state index in [1.54, 1.807) is 6.07 Å². The summed E-state index contributed by atoms with van der Waals surface area (Å²) in [7, 11) is -2.15. The molecule has 0 aromatic heterocycles. The molecule has 0 saturated heterocycles. The highest BCUT2D eigenvalue weighted by Gasteiger charge is 2.18. The maximum atomic E-state index is 11.9. The van der Waals surface area contributed by atoms with Gasteiger partial charge in [-0.3, -0.25) is 0 Å². The van der Waals surface area contributed by atoms with Gasteiger partial charge in [0.25, 0.3) is 0 Å². The van der Waals surface area contributed by atoms with E-state index >= 15 is 0 Å². The molecule has 0 spiro atoms. The maximum Gasteiger partial charge on any atom is 0.244 e.